The minimum atomic E-state index is -4.52. The maximum absolute atomic E-state index is 13.4. The Labute approximate surface area is 165 Å². The van der Waals surface area contributed by atoms with E-state index in [-0.39, 0.29) is 17.3 Å². The molecule has 0 bridgehead atoms. The van der Waals surface area contributed by atoms with Gasteiger partial charge in [-0.05, 0) is 51.2 Å². The summed E-state index contributed by atoms with van der Waals surface area (Å²) in [5, 5.41) is 11.5. The van der Waals surface area contributed by atoms with Gasteiger partial charge in [-0.15, -0.1) is 0 Å². The van der Waals surface area contributed by atoms with Gasteiger partial charge in [-0.25, -0.2) is 4.98 Å². The average Bonchev–Trinajstić information content (AvgIpc) is 3.24. The summed E-state index contributed by atoms with van der Waals surface area (Å²) in [7, 11) is 0. The van der Waals surface area contributed by atoms with Gasteiger partial charge in [-0.1, -0.05) is 12.1 Å². The Hall–Kier alpha value is -2.84. The first kappa shape index (κ1) is 18.2. The van der Waals surface area contributed by atoms with Crippen molar-refractivity contribution in [3.8, 4) is 0 Å². The van der Waals surface area contributed by atoms with Crippen LogP contribution in [0.2, 0.25) is 0 Å². The largest absolute Gasteiger partial charge is 0.421 e. The van der Waals surface area contributed by atoms with Crippen LogP contribution in [0, 0.1) is 0 Å². The number of hydrogen-bond acceptors (Lipinski definition) is 5. The Bertz CT molecular complexity index is 1070. The fraction of sp³-hybridized carbons (Fsp3) is 0.450. The number of nitrogens with zero attached hydrogens (tertiary/aromatic N) is 4. The number of aromatic nitrogens is 4. The zero-order chi connectivity index (χ0) is 20.2. The van der Waals surface area contributed by atoms with E-state index in [1.165, 1.54) is 6.42 Å². The molecule has 9 heteroatoms. The number of rotatable bonds is 5. The van der Waals surface area contributed by atoms with Crippen LogP contribution < -0.4 is 10.6 Å². The molecule has 2 aromatic heterocycles. The number of nitrogens with one attached hydrogen (secondary N) is 2. The molecule has 0 radical (unpaired) electrons. The Morgan fingerprint density at radius 3 is 2.55 bits per heavy atom. The number of alkyl halides is 3. The third-order valence-corrected chi connectivity index (χ3v) is 5.78. The molecule has 0 atom stereocenters. The first-order valence-corrected chi connectivity index (χ1v) is 9.79. The van der Waals surface area contributed by atoms with Gasteiger partial charge in [0.25, 0.3) is 0 Å². The highest BCUT2D eigenvalue weighted by molar-refractivity contribution is 5.91. The van der Waals surface area contributed by atoms with Gasteiger partial charge in [0.05, 0.1) is 11.6 Å². The standard InChI is InChI=1S/C20H21F3N6/c1-19(9-10-19)27-17-14(20(21,22)23)11-24-18(26-17)25-16-13-7-2-3-8-15(13)29(28-16)12-5-4-6-12/h2-3,7-8,11-12H,4-6,9-10H2,1H3,(H2,24,25,26,27,28). The van der Waals surface area contributed by atoms with Crippen LogP contribution >= 0.6 is 0 Å². The molecule has 152 valence electrons. The first-order valence-electron chi connectivity index (χ1n) is 9.79. The van der Waals surface area contributed by atoms with Crippen LogP contribution in [0.1, 0.15) is 50.6 Å². The Morgan fingerprint density at radius 2 is 1.90 bits per heavy atom. The van der Waals surface area contributed by atoms with Crippen molar-refractivity contribution in [1.82, 2.24) is 19.7 Å². The van der Waals surface area contributed by atoms with E-state index < -0.39 is 11.7 Å². The summed E-state index contributed by atoms with van der Waals surface area (Å²) >= 11 is 0. The second kappa shape index (κ2) is 6.33. The number of hydrogen-bond donors (Lipinski definition) is 2. The van der Waals surface area contributed by atoms with Crippen LogP contribution in [-0.2, 0) is 6.18 Å². The van der Waals surface area contributed by atoms with Crippen molar-refractivity contribution in [3.63, 3.8) is 0 Å². The monoisotopic (exact) mass is 402 g/mol. The van der Waals surface area contributed by atoms with E-state index in [1.54, 1.807) is 0 Å². The topological polar surface area (TPSA) is 67.7 Å². The second-order valence-corrected chi connectivity index (χ2v) is 8.16. The molecule has 2 heterocycles. The molecule has 0 saturated heterocycles. The molecular formula is C20H21F3N6. The summed E-state index contributed by atoms with van der Waals surface area (Å²) in [6, 6.07) is 8.16. The van der Waals surface area contributed by atoms with Gasteiger partial charge in [0, 0.05) is 17.1 Å². The fourth-order valence-electron chi connectivity index (χ4n) is 3.54. The van der Waals surface area contributed by atoms with E-state index in [4.69, 9.17) is 0 Å². The lowest BCUT2D eigenvalue weighted by atomic mass is 9.93. The van der Waals surface area contributed by atoms with Crippen molar-refractivity contribution >= 4 is 28.5 Å². The zero-order valence-electron chi connectivity index (χ0n) is 15.9. The van der Waals surface area contributed by atoms with Crippen LogP contribution in [-0.4, -0.2) is 25.3 Å². The molecule has 0 unspecified atom stereocenters. The smallest absolute Gasteiger partial charge is 0.364 e. The van der Waals surface area contributed by atoms with Crippen molar-refractivity contribution in [3.05, 3.63) is 36.0 Å². The summed E-state index contributed by atoms with van der Waals surface area (Å²) in [6.07, 6.45) is 1.26. The molecule has 2 aliphatic carbocycles. The van der Waals surface area contributed by atoms with Crippen LogP contribution in [0.4, 0.5) is 30.8 Å². The number of anilines is 3. The Morgan fingerprint density at radius 1 is 1.14 bits per heavy atom. The van der Waals surface area contributed by atoms with E-state index in [0.717, 1.165) is 42.8 Å². The summed E-state index contributed by atoms with van der Waals surface area (Å²) in [4.78, 5) is 8.07. The second-order valence-electron chi connectivity index (χ2n) is 8.16. The number of para-hydroxylation sites is 1. The predicted molar refractivity (Wildman–Crippen MR) is 104 cm³/mol. The number of halogens is 3. The van der Waals surface area contributed by atoms with Crippen LogP contribution in [0.15, 0.2) is 30.5 Å². The fourth-order valence-corrected chi connectivity index (χ4v) is 3.54. The summed E-state index contributed by atoms with van der Waals surface area (Å²) < 4.78 is 42.2. The Kier molecular flexibility index (Phi) is 3.97. The quantitative estimate of drug-likeness (QED) is 0.608. The minimum Gasteiger partial charge on any atom is -0.364 e. The van der Waals surface area contributed by atoms with E-state index >= 15 is 0 Å². The maximum Gasteiger partial charge on any atom is 0.421 e. The first-order chi connectivity index (χ1) is 13.8. The molecule has 2 fully saturated rings. The van der Waals surface area contributed by atoms with E-state index in [1.807, 2.05) is 35.9 Å². The van der Waals surface area contributed by atoms with Gasteiger partial charge < -0.3 is 10.6 Å². The predicted octanol–water partition coefficient (Wildman–Crippen LogP) is 5.28. The molecular weight excluding hydrogens is 381 g/mol. The Balaban J connectivity index is 1.51. The molecule has 1 aromatic carbocycles. The van der Waals surface area contributed by atoms with Crippen molar-refractivity contribution in [2.45, 2.75) is 56.8 Å². The van der Waals surface area contributed by atoms with Crippen LogP contribution in [0.3, 0.4) is 0 Å². The molecule has 0 spiro atoms. The highest BCUT2D eigenvalue weighted by Crippen LogP contribution is 2.42. The third-order valence-electron chi connectivity index (χ3n) is 5.78. The molecule has 3 aromatic rings. The minimum absolute atomic E-state index is 0.0914. The molecule has 5 rings (SSSR count). The molecule has 6 nitrogen and oxygen atoms in total. The lowest BCUT2D eigenvalue weighted by Gasteiger charge is -2.26. The number of benzene rings is 1. The van der Waals surface area contributed by atoms with Gasteiger partial charge in [0.15, 0.2) is 5.82 Å². The number of fused-ring (bicyclic) bond motifs is 1. The summed E-state index contributed by atoms with van der Waals surface area (Å²) in [6.45, 7) is 1.89. The molecule has 2 N–H and O–H groups in total. The van der Waals surface area contributed by atoms with Crippen molar-refractivity contribution in [2.75, 3.05) is 10.6 Å². The molecule has 0 amide bonds. The molecule has 2 saturated carbocycles. The summed E-state index contributed by atoms with van der Waals surface area (Å²) in [5.74, 6) is 0.447. The van der Waals surface area contributed by atoms with Gasteiger partial charge in [0.2, 0.25) is 5.95 Å². The molecule has 2 aliphatic rings. The normalized spacial score (nSPS) is 18.5. The SMILES string of the molecule is CC1(Nc2nc(Nc3nn(C4CCC4)c4ccccc34)ncc2C(F)(F)F)CC1. The zero-order valence-corrected chi connectivity index (χ0v) is 15.9. The lowest BCUT2D eigenvalue weighted by Crippen LogP contribution is -2.22. The van der Waals surface area contributed by atoms with Gasteiger partial charge in [-0.3, -0.25) is 4.68 Å². The van der Waals surface area contributed by atoms with Crippen LogP contribution in [0.5, 0.6) is 0 Å². The highest BCUT2D eigenvalue weighted by atomic mass is 19.4. The van der Waals surface area contributed by atoms with E-state index in [2.05, 4.69) is 25.7 Å². The van der Waals surface area contributed by atoms with Gasteiger partial charge in [-0.2, -0.15) is 23.3 Å². The molecule has 0 aliphatic heterocycles. The summed E-state index contributed by atoms with van der Waals surface area (Å²) in [5.41, 5.74) is -0.208. The van der Waals surface area contributed by atoms with E-state index in [0.29, 0.717) is 11.9 Å². The lowest BCUT2D eigenvalue weighted by molar-refractivity contribution is -0.137. The van der Waals surface area contributed by atoms with Crippen molar-refractivity contribution in [1.29, 1.82) is 0 Å². The third kappa shape index (κ3) is 3.38. The van der Waals surface area contributed by atoms with Crippen molar-refractivity contribution < 1.29 is 13.2 Å². The van der Waals surface area contributed by atoms with Gasteiger partial charge >= 0.3 is 6.18 Å². The van der Waals surface area contributed by atoms with E-state index in [9.17, 15) is 13.2 Å². The van der Waals surface area contributed by atoms with Crippen LogP contribution in [0.25, 0.3) is 10.9 Å². The average molecular weight is 402 g/mol. The molecule has 29 heavy (non-hydrogen) atoms. The van der Waals surface area contributed by atoms with Gasteiger partial charge in [0.1, 0.15) is 11.4 Å². The maximum atomic E-state index is 13.4. The highest BCUT2D eigenvalue weighted by Gasteiger charge is 2.42. The van der Waals surface area contributed by atoms with Crippen molar-refractivity contribution in [2.24, 2.45) is 0 Å².